The Balaban J connectivity index is 1.50. The summed E-state index contributed by atoms with van der Waals surface area (Å²) in [5, 5.41) is 6.86. The first-order valence-electron chi connectivity index (χ1n) is 9.35. The van der Waals surface area contributed by atoms with Crippen LogP contribution in [0, 0.1) is 0 Å². The highest BCUT2D eigenvalue weighted by Crippen LogP contribution is 2.19. The lowest BCUT2D eigenvalue weighted by Crippen LogP contribution is -2.34. The van der Waals surface area contributed by atoms with Crippen LogP contribution in [0.15, 0.2) is 82.4 Å². The van der Waals surface area contributed by atoms with E-state index in [1.165, 1.54) is 6.21 Å². The van der Waals surface area contributed by atoms with E-state index in [0.29, 0.717) is 31.9 Å². The third kappa shape index (κ3) is 6.76. The Morgan fingerprint density at radius 1 is 1.00 bits per heavy atom. The van der Waals surface area contributed by atoms with E-state index >= 15 is 0 Å². The van der Waals surface area contributed by atoms with Gasteiger partial charge in [0, 0.05) is 15.1 Å². The zero-order chi connectivity index (χ0) is 22.9. The van der Waals surface area contributed by atoms with Crippen LogP contribution < -0.4 is 15.5 Å². The van der Waals surface area contributed by atoms with E-state index in [4.69, 9.17) is 16.3 Å². The van der Waals surface area contributed by atoms with Gasteiger partial charge < -0.3 is 10.1 Å². The van der Waals surface area contributed by atoms with Crippen LogP contribution in [0.25, 0.3) is 0 Å². The summed E-state index contributed by atoms with van der Waals surface area (Å²) in [6.07, 6.45) is 1.40. The zero-order valence-electron chi connectivity index (χ0n) is 16.5. The fraction of sp³-hybridized carbons (Fsp3) is 0.0435. The predicted molar refractivity (Wildman–Crippen MR) is 125 cm³/mol. The Hall–Kier alpha value is -3.49. The number of rotatable bonds is 7. The SMILES string of the molecule is O=C(CNC(=O)c1ccc(Cl)cc1)N/N=C\c1cccc(OC(=O)c2ccccc2Br)c1. The highest BCUT2D eigenvalue weighted by Gasteiger charge is 2.12. The van der Waals surface area contributed by atoms with Crippen molar-refractivity contribution in [2.24, 2.45) is 5.10 Å². The van der Waals surface area contributed by atoms with Crippen molar-refractivity contribution in [3.63, 3.8) is 0 Å². The number of nitrogens with zero attached hydrogens (tertiary/aromatic N) is 1. The number of hydrazone groups is 1. The van der Waals surface area contributed by atoms with Gasteiger partial charge in [0.1, 0.15) is 5.75 Å². The first-order valence-corrected chi connectivity index (χ1v) is 10.5. The molecule has 0 unspecified atom stereocenters. The normalized spacial score (nSPS) is 10.6. The van der Waals surface area contributed by atoms with Crippen LogP contribution in [0.4, 0.5) is 0 Å². The molecule has 3 aromatic carbocycles. The van der Waals surface area contributed by atoms with Crippen molar-refractivity contribution in [2.75, 3.05) is 6.54 Å². The quantitative estimate of drug-likeness (QED) is 0.214. The van der Waals surface area contributed by atoms with Gasteiger partial charge >= 0.3 is 5.97 Å². The third-order valence-corrected chi connectivity index (χ3v) is 5.02. The van der Waals surface area contributed by atoms with Crippen LogP contribution in [-0.4, -0.2) is 30.5 Å². The number of amides is 2. The third-order valence-electron chi connectivity index (χ3n) is 4.08. The molecule has 7 nitrogen and oxygen atoms in total. The second kappa shape index (κ2) is 11.2. The highest BCUT2D eigenvalue weighted by atomic mass is 79.9. The summed E-state index contributed by atoms with van der Waals surface area (Å²) in [6, 6.07) is 19.9. The molecule has 0 saturated carbocycles. The van der Waals surface area contributed by atoms with E-state index in [0.717, 1.165) is 0 Å². The number of esters is 1. The molecule has 3 rings (SSSR count). The van der Waals surface area contributed by atoms with E-state index in [2.05, 4.69) is 31.8 Å². The lowest BCUT2D eigenvalue weighted by molar-refractivity contribution is -0.120. The smallest absolute Gasteiger partial charge is 0.344 e. The number of hydrogen-bond donors (Lipinski definition) is 2. The second-order valence-corrected chi connectivity index (χ2v) is 7.72. The molecule has 0 bridgehead atoms. The summed E-state index contributed by atoms with van der Waals surface area (Å²) in [7, 11) is 0. The lowest BCUT2D eigenvalue weighted by atomic mass is 10.2. The minimum atomic E-state index is -0.503. The molecule has 0 spiro atoms. The Bertz CT molecular complexity index is 1170. The second-order valence-electron chi connectivity index (χ2n) is 6.42. The van der Waals surface area contributed by atoms with Crippen LogP contribution in [0.1, 0.15) is 26.3 Å². The molecule has 32 heavy (non-hydrogen) atoms. The molecule has 9 heteroatoms. The first-order chi connectivity index (χ1) is 15.4. The summed E-state index contributed by atoms with van der Waals surface area (Å²) in [5.41, 5.74) is 3.72. The number of ether oxygens (including phenoxy) is 1. The van der Waals surface area contributed by atoms with Crippen LogP contribution in [-0.2, 0) is 4.79 Å². The molecule has 0 aromatic heterocycles. The predicted octanol–water partition coefficient (Wildman–Crippen LogP) is 4.20. The lowest BCUT2D eigenvalue weighted by Gasteiger charge is -2.06. The molecule has 0 fully saturated rings. The van der Waals surface area contributed by atoms with Gasteiger partial charge in [0.25, 0.3) is 11.8 Å². The number of benzene rings is 3. The summed E-state index contributed by atoms with van der Waals surface area (Å²) in [6.45, 7) is -0.248. The van der Waals surface area contributed by atoms with Gasteiger partial charge in [0.15, 0.2) is 0 Å². The van der Waals surface area contributed by atoms with Crippen molar-refractivity contribution < 1.29 is 19.1 Å². The van der Waals surface area contributed by atoms with Gasteiger partial charge in [-0.3, -0.25) is 9.59 Å². The standard InChI is InChI=1S/C23H17BrClN3O4/c24-20-7-2-1-6-19(20)23(31)32-18-5-3-4-15(12-18)13-27-28-21(29)14-26-22(30)16-8-10-17(25)11-9-16/h1-13H,14H2,(H,26,30)(H,28,29)/b27-13-. The summed E-state index contributed by atoms with van der Waals surface area (Å²) in [5.74, 6) is -1.08. The monoisotopic (exact) mass is 513 g/mol. The Morgan fingerprint density at radius 2 is 1.75 bits per heavy atom. The van der Waals surface area contributed by atoms with Crippen LogP contribution in [0.3, 0.4) is 0 Å². The fourth-order valence-electron chi connectivity index (χ4n) is 2.53. The molecular weight excluding hydrogens is 498 g/mol. The molecule has 0 aliphatic heterocycles. The fourth-order valence-corrected chi connectivity index (χ4v) is 3.10. The van der Waals surface area contributed by atoms with Crippen LogP contribution in [0.5, 0.6) is 5.75 Å². The van der Waals surface area contributed by atoms with Crippen molar-refractivity contribution in [2.45, 2.75) is 0 Å². The summed E-state index contributed by atoms with van der Waals surface area (Å²) < 4.78 is 6.02. The topological polar surface area (TPSA) is 96.9 Å². The molecule has 0 heterocycles. The molecular formula is C23H17BrClN3O4. The molecule has 3 aromatic rings. The Kier molecular flexibility index (Phi) is 8.13. The van der Waals surface area contributed by atoms with Crippen molar-refractivity contribution in [1.29, 1.82) is 0 Å². The van der Waals surface area contributed by atoms with Gasteiger partial charge in [-0.15, -0.1) is 0 Å². The van der Waals surface area contributed by atoms with Gasteiger partial charge in [-0.25, -0.2) is 10.2 Å². The molecule has 0 saturated heterocycles. The van der Waals surface area contributed by atoms with E-state index in [1.54, 1.807) is 72.8 Å². The number of carbonyl (C=O) groups excluding carboxylic acids is 3. The maximum Gasteiger partial charge on any atom is 0.344 e. The number of nitrogens with one attached hydrogen (secondary N) is 2. The Labute approximate surface area is 197 Å². The van der Waals surface area contributed by atoms with Crippen molar-refractivity contribution in [3.8, 4) is 5.75 Å². The minimum Gasteiger partial charge on any atom is -0.423 e. The van der Waals surface area contributed by atoms with E-state index in [-0.39, 0.29) is 6.54 Å². The van der Waals surface area contributed by atoms with Gasteiger partial charge in [-0.1, -0.05) is 35.9 Å². The van der Waals surface area contributed by atoms with Crippen molar-refractivity contribution >= 4 is 51.5 Å². The first kappa shape index (κ1) is 23.2. The largest absolute Gasteiger partial charge is 0.423 e. The van der Waals surface area contributed by atoms with Crippen LogP contribution in [0.2, 0.25) is 5.02 Å². The van der Waals surface area contributed by atoms with Crippen molar-refractivity contribution in [1.82, 2.24) is 10.7 Å². The maximum atomic E-state index is 12.3. The van der Waals surface area contributed by atoms with E-state index < -0.39 is 17.8 Å². The molecule has 0 radical (unpaired) electrons. The van der Waals surface area contributed by atoms with Gasteiger partial charge in [0.05, 0.1) is 18.3 Å². The zero-order valence-corrected chi connectivity index (χ0v) is 18.9. The summed E-state index contributed by atoms with van der Waals surface area (Å²) >= 11 is 9.10. The number of carbonyl (C=O) groups is 3. The molecule has 162 valence electrons. The highest BCUT2D eigenvalue weighted by molar-refractivity contribution is 9.10. The average molecular weight is 515 g/mol. The Morgan fingerprint density at radius 3 is 2.50 bits per heavy atom. The molecule has 0 aliphatic carbocycles. The number of hydrogen-bond acceptors (Lipinski definition) is 5. The average Bonchev–Trinajstić information content (AvgIpc) is 2.78. The van der Waals surface area contributed by atoms with Gasteiger partial charge in [-0.05, 0) is 70.0 Å². The van der Waals surface area contributed by atoms with Gasteiger partial charge in [-0.2, -0.15) is 5.10 Å². The molecule has 2 N–H and O–H groups in total. The summed E-state index contributed by atoms with van der Waals surface area (Å²) in [4.78, 5) is 36.2. The molecule has 0 aliphatic rings. The minimum absolute atomic E-state index is 0.248. The molecule has 2 amide bonds. The maximum absolute atomic E-state index is 12.3. The van der Waals surface area contributed by atoms with Crippen molar-refractivity contribution in [3.05, 3.63) is 99.0 Å². The number of halogens is 2. The molecule has 0 atom stereocenters. The van der Waals surface area contributed by atoms with E-state index in [9.17, 15) is 14.4 Å². The van der Waals surface area contributed by atoms with Gasteiger partial charge in [0.2, 0.25) is 0 Å². The van der Waals surface area contributed by atoms with Crippen LogP contribution >= 0.6 is 27.5 Å². The van der Waals surface area contributed by atoms with E-state index in [1.807, 2.05) is 0 Å².